The van der Waals surface area contributed by atoms with Gasteiger partial charge in [-0.3, -0.25) is 0 Å². The normalized spacial score (nSPS) is 10.6. The molecule has 0 aromatic heterocycles. The molecule has 0 aliphatic heterocycles. The van der Waals surface area contributed by atoms with E-state index in [-0.39, 0.29) is 11.5 Å². The Bertz CT molecular complexity index is 566. The minimum absolute atomic E-state index is 0.0782. The van der Waals surface area contributed by atoms with Gasteiger partial charge in [-0.15, -0.1) is 0 Å². The standard InChI is InChI=1S/C14H16N2O2/c1-7-11(15)5-3-9(13(7)17)10-4-6-12(16)8(2)14(10)18/h3-6,17-18H,15-16H2,1-2H3. The van der Waals surface area contributed by atoms with E-state index in [4.69, 9.17) is 11.5 Å². The lowest BCUT2D eigenvalue weighted by atomic mass is 9.97. The molecule has 0 saturated carbocycles. The van der Waals surface area contributed by atoms with Crippen LogP contribution in [0.15, 0.2) is 24.3 Å². The Balaban J connectivity index is 2.71. The number of anilines is 2. The van der Waals surface area contributed by atoms with Crippen LogP contribution in [0.25, 0.3) is 11.1 Å². The van der Waals surface area contributed by atoms with Crippen molar-refractivity contribution in [2.24, 2.45) is 0 Å². The van der Waals surface area contributed by atoms with Crippen LogP contribution in [0, 0.1) is 13.8 Å². The van der Waals surface area contributed by atoms with Crippen LogP contribution in [0.2, 0.25) is 0 Å². The number of hydrogen-bond acceptors (Lipinski definition) is 4. The first-order valence-corrected chi connectivity index (χ1v) is 5.60. The lowest BCUT2D eigenvalue weighted by Crippen LogP contribution is -1.94. The summed E-state index contributed by atoms with van der Waals surface area (Å²) in [4.78, 5) is 0. The largest absolute Gasteiger partial charge is 0.507 e. The van der Waals surface area contributed by atoms with Gasteiger partial charge in [0.05, 0.1) is 0 Å². The van der Waals surface area contributed by atoms with E-state index in [0.717, 1.165) is 0 Å². The van der Waals surface area contributed by atoms with Crippen LogP contribution >= 0.6 is 0 Å². The Hall–Kier alpha value is -2.36. The lowest BCUT2D eigenvalue weighted by Gasteiger charge is -2.13. The van der Waals surface area contributed by atoms with E-state index in [9.17, 15) is 10.2 Å². The SMILES string of the molecule is Cc1c(N)ccc(-c2ccc(N)c(C)c2O)c1O. The van der Waals surface area contributed by atoms with Crippen LogP contribution in [0.5, 0.6) is 11.5 Å². The molecule has 4 nitrogen and oxygen atoms in total. The summed E-state index contributed by atoms with van der Waals surface area (Å²) in [7, 11) is 0. The Morgan fingerprint density at radius 1 is 0.722 bits per heavy atom. The lowest BCUT2D eigenvalue weighted by molar-refractivity contribution is 0.465. The zero-order valence-corrected chi connectivity index (χ0v) is 10.4. The van der Waals surface area contributed by atoms with Crippen LogP contribution in [-0.2, 0) is 0 Å². The molecule has 0 radical (unpaired) electrons. The van der Waals surface area contributed by atoms with Crippen molar-refractivity contribution in [1.29, 1.82) is 0 Å². The number of nitrogens with two attached hydrogens (primary N) is 2. The molecule has 0 atom stereocenters. The van der Waals surface area contributed by atoms with E-state index < -0.39 is 0 Å². The average Bonchev–Trinajstić information content (AvgIpc) is 2.35. The van der Waals surface area contributed by atoms with Crippen molar-refractivity contribution in [2.45, 2.75) is 13.8 Å². The van der Waals surface area contributed by atoms with E-state index in [1.807, 2.05) is 0 Å². The molecule has 4 heteroatoms. The first-order chi connectivity index (χ1) is 8.43. The molecule has 0 heterocycles. The fraction of sp³-hybridized carbons (Fsp3) is 0.143. The molecule has 2 rings (SSSR count). The van der Waals surface area contributed by atoms with E-state index in [1.54, 1.807) is 38.1 Å². The number of phenolic OH excluding ortho intramolecular Hbond substituents is 2. The molecule has 0 amide bonds. The summed E-state index contributed by atoms with van der Waals surface area (Å²) in [5.41, 5.74) is 14.8. The summed E-state index contributed by atoms with van der Waals surface area (Å²) in [6, 6.07) is 6.77. The van der Waals surface area contributed by atoms with Crippen molar-refractivity contribution in [1.82, 2.24) is 0 Å². The summed E-state index contributed by atoms with van der Waals surface area (Å²) in [5, 5.41) is 20.2. The number of nitrogen functional groups attached to an aromatic ring is 2. The summed E-state index contributed by atoms with van der Waals surface area (Å²) in [5.74, 6) is 0.156. The maximum atomic E-state index is 10.1. The fourth-order valence-corrected chi connectivity index (χ4v) is 1.87. The predicted octanol–water partition coefficient (Wildman–Crippen LogP) is 2.55. The number of benzene rings is 2. The Kier molecular flexibility index (Phi) is 2.79. The van der Waals surface area contributed by atoms with Gasteiger partial charge in [0.25, 0.3) is 0 Å². The third-order valence-electron chi connectivity index (χ3n) is 3.24. The van der Waals surface area contributed by atoms with Gasteiger partial charge >= 0.3 is 0 Å². The van der Waals surface area contributed by atoms with E-state index in [1.165, 1.54) is 0 Å². The van der Waals surface area contributed by atoms with Crippen molar-refractivity contribution in [3.05, 3.63) is 35.4 Å². The highest BCUT2D eigenvalue weighted by molar-refractivity contribution is 5.81. The van der Waals surface area contributed by atoms with E-state index in [0.29, 0.717) is 33.6 Å². The molecule has 6 N–H and O–H groups in total. The van der Waals surface area contributed by atoms with Crippen LogP contribution in [0.4, 0.5) is 11.4 Å². The van der Waals surface area contributed by atoms with Crippen molar-refractivity contribution in [2.75, 3.05) is 11.5 Å². The number of aromatic hydroxyl groups is 2. The summed E-state index contributed by atoms with van der Waals surface area (Å²) >= 11 is 0. The maximum absolute atomic E-state index is 10.1. The molecule has 0 fully saturated rings. The van der Waals surface area contributed by atoms with Gasteiger partial charge < -0.3 is 21.7 Å². The minimum atomic E-state index is 0.0782. The zero-order chi connectivity index (χ0) is 13.4. The fourth-order valence-electron chi connectivity index (χ4n) is 1.87. The number of phenols is 2. The second kappa shape index (κ2) is 4.14. The molecular weight excluding hydrogens is 228 g/mol. The van der Waals surface area contributed by atoms with Gasteiger partial charge in [0.2, 0.25) is 0 Å². The second-order valence-electron chi connectivity index (χ2n) is 4.35. The van der Waals surface area contributed by atoms with Crippen LogP contribution < -0.4 is 11.5 Å². The molecule has 18 heavy (non-hydrogen) atoms. The molecule has 2 aromatic carbocycles. The Labute approximate surface area is 105 Å². The summed E-state index contributed by atoms with van der Waals surface area (Å²) in [6.07, 6.45) is 0. The van der Waals surface area contributed by atoms with E-state index >= 15 is 0 Å². The Morgan fingerprint density at radius 3 is 1.39 bits per heavy atom. The van der Waals surface area contributed by atoms with Crippen molar-refractivity contribution in [3.63, 3.8) is 0 Å². The molecule has 0 bridgehead atoms. The van der Waals surface area contributed by atoms with Gasteiger partial charge in [-0.1, -0.05) is 0 Å². The quantitative estimate of drug-likeness (QED) is 0.580. The maximum Gasteiger partial charge on any atom is 0.128 e. The van der Waals surface area contributed by atoms with Crippen molar-refractivity contribution in [3.8, 4) is 22.6 Å². The smallest absolute Gasteiger partial charge is 0.128 e. The molecule has 0 aliphatic carbocycles. The monoisotopic (exact) mass is 244 g/mol. The highest BCUT2D eigenvalue weighted by atomic mass is 16.3. The zero-order valence-electron chi connectivity index (χ0n) is 10.4. The molecule has 94 valence electrons. The molecular formula is C14H16N2O2. The average molecular weight is 244 g/mol. The number of rotatable bonds is 1. The van der Waals surface area contributed by atoms with Gasteiger partial charge in [-0.05, 0) is 38.1 Å². The minimum Gasteiger partial charge on any atom is -0.507 e. The van der Waals surface area contributed by atoms with Crippen LogP contribution in [0.1, 0.15) is 11.1 Å². The molecule has 0 unspecified atom stereocenters. The molecule has 0 spiro atoms. The first-order valence-electron chi connectivity index (χ1n) is 5.60. The number of hydrogen-bond donors (Lipinski definition) is 4. The van der Waals surface area contributed by atoms with E-state index in [2.05, 4.69) is 0 Å². The van der Waals surface area contributed by atoms with Crippen molar-refractivity contribution < 1.29 is 10.2 Å². The predicted molar refractivity (Wildman–Crippen MR) is 73.5 cm³/mol. The highest BCUT2D eigenvalue weighted by Crippen LogP contribution is 2.41. The van der Waals surface area contributed by atoms with Gasteiger partial charge in [0, 0.05) is 33.6 Å². The van der Waals surface area contributed by atoms with Gasteiger partial charge in [0.1, 0.15) is 11.5 Å². The van der Waals surface area contributed by atoms with Crippen molar-refractivity contribution >= 4 is 11.4 Å². The third kappa shape index (κ3) is 1.72. The van der Waals surface area contributed by atoms with Gasteiger partial charge in [-0.2, -0.15) is 0 Å². The van der Waals surface area contributed by atoms with Crippen LogP contribution in [-0.4, -0.2) is 10.2 Å². The van der Waals surface area contributed by atoms with Gasteiger partial charge in [-0.25, -0.2) is 0 Å². The second-order valence-corrected chi connectivity index (χ2v) is 4.35. The molecule has 0 aliphatic rings. The topological polar surface area (TPSA) is 92.5 Å². The van der Waals surface area contributed by atoms with Crippen LogP contribution in [0.3, 0.4) is 0 Å². The van der Waals surface area contributed by atoms with Gasteiger partial charge in [0.15, 0.2) is 0 Å². The molecule has 2 aromatic rings. The summed E-state index contributed by atoms with van der Waals surface area (Å²) in [6.45, 7) is 3.46. The Morgan fingerprint density at radius 2 is 1.06 bits per heavy atom. The first kappa shape index (κ1) is 12.1. The third-order valence-corrected chi connectivity index (χ3v) is 3.24. The highest BCUT2D eigenvalue weighted by Gasteiger charge is 2.14. The summed E-state index contributed by atoms with van der Waals surface area (Å²) < 4.78 is 0. The molecule has 0 saturated heterocycles.